The summed E-state index contributed by atoms with van der Waals surface area (Å²) in [6.07, 6.45) is 0. The van der Waals surface area contributed by atoms with Gasteiger partial charge >= 0.3 is 5.97 Å². The Hall–Kier alpha value is -2.67. The molecule has 0 aliphatic carbocycles. The second-order valence-corrected chi connectivity index (χ2v) is 4.48. The predicted octanol–water partition coefficient (Wildman–Crippen LogP) is 3.83. The van der Waals surface area contributed by atoms with Gasteiger partial charge in [-0.2, -0.15) is 0 Å². The maximum Gasteiger partial charge on any atom is 0.342 e. The second-order valence-electron chi connectivity index (χ2n) is 4.05. The number of nitrogens with one attached hydrogen (secondary N) is 1. The number of carboxylic acid groups (broad SMARTS) is 1. The summed E-state index contributed by atoms with van der Waals surface area (Å²) in [5, 5.41) is 22.7. The largest absolute Gasteiger partial charge is 0.477 e. The molecule has 2 aromatic rings. The van der Waals surface area contributed by atoms with Crippen molar-refractivity contribution < 1.29 is 19.2 Å². The summed E-state index contributed by atoms with van der Waals surface area (Å²) in [6, 6.07) is 7.76. The number of aromatic carboxylic acids is 1. The number of rotatable bonds is 4. The fourth-order valence-corrected chi connectivity index (χ4v) is 1.89. The minimum absolute atomic E-state index is 0.194. The molecule has 0 amide bonds. The molecule has 2 N–H and O–H groups in total. The molecule has 2 rings (SSSR count). The van der Waals surface area contributed by atoms with E-state index in [1.54, 1.807) is 18.2 Å². The molecule has 0 radical (unpaired) electrons. The van der Waals surface area contributed by atoms with Crippen molar-refractivity contribution in [1.29, 1.82) is 0 Å². The van der Waals surface area contributed by atoms with Gasteiger partial charge in [0.25, 0.3) is 5.69 Å². The lowest BCUT2D eigenvalue weighted by molar-refractivity contribution is -0.385. The zero-order valence-electron chi connectivity index (χ0n) is 10.3. The summed E-state index contributed by atoms with van der Waals surface area (Å²) in [5.41, 5.74) is -1.19. The van der Waals surface area contributed by atoms with Crippen LogP contribution in [0, 0.1) is 15.9 Å². The third-order valence-corrected chi connectivity index (χ3v) is 2.85. The lowest BCUT2D eigenvalue weighted by Gasteiger charge is -2.09. The van der Waals surface area contributed by atoms with Crippen LogP contribution in [0.15, 0.2) is 36.4 Å². The molecule has 8 heteroatoms. The topological polar surface area (TPSA) is 92.5 Å². The van der Waals surface area contributed by atoms with E-state index in [0.717, 1.165) is 6.07 Å². The van der Waals surface area contributed by atoms with E-state index in [2.05, 4.69) is 5.32 Å². The number of benzene rings is 2. The highest BCUT2D eigenvalue weighted by atomic mass is 35.5. The number of nitrogens with zero attached hydrogens (tertiary/aromatic N) is 1. The first-order valence-corrected chi connectivity index (χ1v) is 6.00. The van der Waals surface area contributed by atoms with Gasteiger partial charge in [-0.15, -0.1) is 0 Å². The van der Waals surface area contributed by atoms with Gasteiger partial charge in [0.2, 0.25) is 0 Å². The van der Waals surface area contributed by atoms with E-state index in [-0.39, 0.29) is 5.69 Å². The van der Waals surface area contributed by atoms with E-state index >= 15 is 0 Å². The molecule has 0 spiro atoms. The van der Waals surface area contributed by atoms with Gasteiger partial charge in [0.15, 0.2) is 5.82 Å². The fraction of sp³-hybridized carbons (Fsp3) is 0. The Morgan fingerprint density at radius 2 is 2.05 bits per heavy atom. The first kappa shape index (κ1) is 14.7. The first-order valence-electron chi connectivity index (χ1n) is 5.62. The van der Waals surface area contributed by atoms with E-state index in [0.29, 0.717) is 16.8 Å². The van der Waals surface area contributed by atoms with Crippen LogP contribution in [-0.2, 0) is 0 Å². The van der Waals surface area contributed by atoms with Crippen LogP contribution < -0.4 is 5.32 Å². The molecule has 108 valence electrons. The number of hydrogen-bond acceptors (Lipinski definition) is 4. The van der Waals surface area contributed by atoms with Crippen molar-refractivity contribution in [3.63, 3.8) is 0 Å². The summed E-state index contributed by atoms with van der Waals surface area (Å²) in [6.45, 7) is 0. The van der Waals surface area contributed by atoms with Gasteiger partial charge in [-0.3, -0.25) is 10.1 Å². The Bertz CT molecular complexity index is 736. The van der Waals surface area contributed by atoms with Crippen LogP contribution in [0.2, 0.25) is 5.02 Å². The van der Waals surface area contributed by atoms with E-state index < -0.39 is 28.0 Å². The third kappa shape index (κ3) is 3.26. The lowest BCUT2D eigenvalue weighted by atomic mass is 10.1. The number of anilines is 2. The van der Waals surface area contributed by atoms with Crippen LogP contribution in [0.3, 0.4) is 0 Å². The second kappa shape index (κ2) is 5.76. The van der Waals surface area contributed by atoms with Gasteiger partial charge in [-0.25, -0.2) is 9.18 Å². The molecule has 0 fully saturated rings. The van der Waals surface area contributed by atoms with E-state index in [1.807, 2.05) is 0 Å². The van der Waals surface area contributed by atoms with E-state index in [4.69, 9.17) is 16.7 Å². The zero-order chi connectivity index (χ0) is 15.6. The van der Waals surface area contributed by atoms with Crippen molar-refractivity contribution in [3.8, 4) is 0 Å². The van der Waals surface area contributed by atoms with Crippen LogP contribution >= 0.6 is 11.6 Å². The molecule has 0 aliphatic heterocycles. The van der Waals surface area contributed by atoms with Crippen LogP contribution in [0.1, 0.15) is 10.4 Å². The van der Waals surface area contributed by atoms with Crippen LogP contribution in [0.25, 0.3) is 0 Å². The number of carboxylic acids is 1. The fourth-order valence-electron chi connectivity index (χ4n) is 1.70. The first-order chi connectivity index (χ1) is 9.88. The minimum atomic E-state index is -1.52. The number of halogens is 2. The third-order valence-electron chi connectivity index (χ3n) is 2.62. The highest BCUT2D eigenvalue weighted by molar-refractivity contribution is 6.30. The van der Waals surface area contributed by atoms with Crippen molar-refractivity contribution in [3.05, 3.63) is 62.9 Å². The lowest BCUT2D eigenvalue weighted by Crippen LogP contribution is -2.05. The monoisotopic (exact) mass is 310 g/mol. The minimum Gasteiger partial charge on any atom is -0.477 e. The summed E-state index contributed by atoms with van der Waals surface area (Å²) in [4.78, 5) is 20.8. The predicted molar refractivity (Wildman–Crippen MR) is 74.7 cm³/mol. The number of hydrogen-bond donors (Lipinski definition) is 2. The standard InChI is InChI=1S/C13H8ClFN2O4/c14-7-2-1-3-8(4-7)16-11-5-9(13(18)19)12(17(20)21)6-10(11)15/h1-6,16H,(H,18,19). The van der Waals surface area contributed by atoms with Crippen LogP contribution in [-0.4, -0.2) is 16.0 Å². The maximum atomic E-state index is 13.8. The molecule has 21 heavy (non-hydrogen) atoms. The average Bonchev–Trinajstić information content (AvgIpc) is 2.40. The SMILES string of the molecule is O=C(O)c1cc(Nc2cccc(Cl)c2)c(F)cc1[N+](=O)[O-]. The Kier molecular flexibility index (Phi) is 4.04. The quantitative estimate of drug-likeness (QED) is 0.661. The molecule has 0 heterocycles. The number of nitro benzene ring substituents is 1. The highest BCUT2D eigenvalue weighted by Gasteiger charge is 2.23. The van der Waals surface area contributed by atoms with Gasteiger partial charge in [-0.1, -0.05) is 17.7 Å². The molecular formula is C13H8ClFN2O4. The summed E-state index contributed by atoms with van der Waals surface area (Å²) in [7, 11) is 0. The smallest absolute Gasteiger partial charge is 0.342 e. The van der Waals surface area contributed by atoms with Crippen LogP contribution in [0.5, 0.6) is 0 Å². The molecule has 0 bridgehead atoms. The highest BCUT2D eigenvalue weighted by Crippen LogP contribution is 2.29. The van der Waals surface area contributed by atoms with Crippen molar-refractivity contribution in [2.24, 2.45) is 0 Å². The molecule has 0 aromatic heterocycles. The van der Waals surface area contributed by atoms with Crippen molar-refractivity contribution >= 4 is 34.6 Å². The molecular weight excluding hydrogens is 303 g/mol. The average molecular weight is 311 g/mol. The summed E-state index contributed by atoms with van der Waals surface area (Å²) >= 11 is 5.78. The van der Waals surface area contributed by atoms with Gasteiger partial charge in [-0.05, 0) is 24.3 Å². The van der Waals surface area contributed by atoms with Crippen molar-refractivity contribution in [1.82, 2.24) is 0 Å². The van der Waals surface area contributed by atoms with Gasteiger partial charge in [0.1, 0.15) is 5.56 Å². The Balaban J connectivity index is 2.47. The molecule has 0 unspecified atom stereocenters. The molecule has 0 saturated carbocycles. The van der Waals surface area contributed by atoms with Crippen molar-refractivity contribution in [2.75, 3.05) is 5.32 Å². The number of nitro groups is 1. The Morgan fingerprint density at radius 3 is 2.62 bits per heavy atom. The van der Waals surface area contributed by atoms with Gasteiger partial charge in [0, 0.05) is 10.7 Å². The zero-order valence-corrected chi connectivity index (χ0v) is 11.1. The molecule has 0 saturated heterocycles. The molecule has 0 atom stereocenters. The number of carbonyl (C=O) groups is 1. The molecule has 6 nitrogen and oxygen atoms in total. The van der Waals surface area contributed by atoms with Gasteiger partial charge in [0.05, 0.1) is 16.7 Å². The van der Waals surface area contributed by atoms with Crippen LogP contribution in [0.4, 0.5) is 21.5 Å². The van der Waals surface area contributed by atoms with Gasteiger partial charge < -0.3 is 10.4 Å². The maximum absolute atomic E-state index is 13.8. The Labute approximate surface area is 122 Å². The molecule has 0 aliphatic rings. The summed E-state index contributed by atoms with van der Waals surface area (Å²) < 4.78 is 13.8. The van der Waals surface area contributed by atoms with E-state index in [9.17, 15) is 19.3 Å². The summed E-state index contributed by atoms with van der Waals surface area (Å²) in [5.74, 6) is -2.46. The van der Waals surface area contributed by atoms with E-state index in [1.165, 1.54) is 6.07 Å². The normalized spacial score (nSPS) is 10.2. The van der Waals surface area contributed by atoms with Crippen molar-refractivity contribution in [2.45, 2.75) is 0 Å². The molecule has 2 aromatic carbocycles. The Morgan fingerprint density at radius 1 is 1.33 bits per heavy atom.